The van der Waals surface area contributed by atoms with Crippen LogP contribution in [0, 0.1) is 0 Å². The van der Waals surface area contributed by atoms with E-state index in [0.717, 1.165) is 0 Å². The molecule has 0 aliphatic carbocycles. The maximum atomic E-state index is 9.32. The third kappa shape index (κ3) is 1.69. The molecule has 0 aliphatic rings. The Labute approximate surface area is 75.4 Å². The van der Waals surface area contributed by atoms with Crippen LogP contribution in [0.15, 0.2) is 18.2 Å². The predicted molar refractivity (Wildman–Crippen MR) is 47.1 cm³/mol. The van der Waals surface area contributed by atoms with E-state index in [0.29, 0.717) is 10.6 Å². The van der Waals surface area contributed by atoms with Crippen molar-refractivity contribution in [2.45, 2.75) is 6.04 Å². The minimum absolute atomic E-state index is 0.0176. The fraction of sp³-hybridized carbons (Fsp3) is 0.250. The van der Waals surface area contributed by atoms with Gasteiger partial charge in [0.15, 0.2) is 0 Å². The molecule has 0 saturated carbocycles. The molecule has 66 valence electrons. The standard InChI is InChI=1S/C8H10ClNO2/c9-5-2-1-3-7(12)8(5)6(10)4-11/h1-3,6,11-12H,4,10H2/t6-/m0/s1. The van der Waals surface area contributed by atoms with Crippen LogP contribution in [-0.4, -0.2) is 16.8 Å². The number of phenolic OH excluding ortho intramolecular Hbond substituents is 1. The summed E-state index contributed by atoms with van der Waals surface area (Å²) >= 11 is 5.75. The third-order valence-electron chi connectivity index (χ3n) is 1.60. The lowest BCUT2D eigenvalue weighted by Crippen LogP contribution is -2.15. The van der Waals surface area contributed by atoms with Gasteiger partial charge in [0, 0.05) is 10.6 Å². The monoisotopic (exact) mass is 187 g/mol. The number of aliphatic hydroxyl groups is 1. The topological polar surface area (TPSA) is 66.5 Å². The zero-order valence-corrected chi connectivity index (χ0v) is 7.12. The number of phenols is 1. The van der Waals surface area contributed by atoms with Crippen LogP contribution in [0.4, 0.5) is 0 Å². The van der Waals surface area contributed by atoms with E-state index in [9.17, 15) is 5.11 Å². The van der Waals surface area contributed by atoms with Crippen LogP contribution < -0.4 is 5.73 Å². The lowest BCUT2D eigenvalue weighted by Gasteiger charge is -2.11. The van der Waals surface area contributed by atoms with Gasteiger partial charge in [-0.25, -0.2) is 0 Å². The van der Waals surface area contributed by atoms with Crippen LogP contribution >= 0.6 is 11.6 Å². The van der Waals surface area contributed by atoms with Gasteiger partial charge in [-0.3, -0.25) is 0 Å². The van der Waals surface area contributed by atoms with Gasteiger partial charge >= 0.3 is 0 Å². The maximum absolute atomic E-state index is 9.32. The minimum atomic E-state index is -0.626. The first kappa shape index (κ1) is 9.32. The van der Waals surface area contributed by atoms with Crippen molar-refractivity contribution in [3.63, 3.8) is 0 Å². The maximum Gasteiger partial charge on any atom is 0.121 e. The van der Waals surface area contributed by atoms with Gasteiger partial charge in [0.05, 0.1) is 12.6 Å². The van der Waals surface area contributed by atoms with E-state index in [1.54, 1.807) is 12.1 Å². The van der Waals surface area contributed by atoms with Crippen molar-refractivity contribution in [1.29, 1.82) is 0 Å². The second-order valence-electron chi connectivity index (χ2n) is 2.46. The van der Waals surface area contributed by atoms with E-state index >= 15 is 0 Å². The van der Waals surface area contributed by atoms with Crippen LogP contribution in [0.3, 0.4) is 0 Å². The number of aliphatic hydroxyl groups excluding tert-OH is 1. The first-order chi connectivity index (χ1) is 5.66. The molecule has 3 nitrogen and oxygen atoms in total. The molecular weight excluding hydrogens is 178 g/mol. The third-order valence-corrected chi connectivity index (χ3v) is 1.93. The molecule has 0 fully saturated rings. The zero-order chi connectivity index (χ0) is 9.14. The highest BCUT2D eigenvalue weighted by Crippen LogP contribution is 2.29. The van der Waals surface area contributed by atoms with E-state index in [1.807, 2.05) is 0 Å². The molecule has 1 aromatic rings. The lowest BCUT2D eigenvalue weighted by atomic mass is 10.1. The predicted octanol–water partition coefficient (Wildman–Crippen LogP) is 1.04. The van der Waals surface area contributed by atoms with E-state index in [4.69, 9.17) is 22.4 Å². The fourth-order valence-electron chi connectivity index (χ4n) is 0.984. The molecule has 0 bridgehead atoms. The summed E-state index contributed by atoms with van der Waals surface area (Å²) in [5, 5.41) is 18.4. The van der Waals surface area contributed by atoms with Crippen LogP contribution in [-0.2, 0) is 0 Å². The highest BCUT2D eigenvalue weighted by Gasteiger charge is 2.12. The van der Waals surface area contributed by atoms with Gasteiger partial charge < -0.3 is 15.9 Å². The summed E-state index contributed by atoms with van der Waals surface area (Å²) in [6.45, 7) is -0.239. The quantitative estimate of drug-likeness (QED) is 0.648. The van der Waals surface area contributed by atoms with Crippen molar-refractivity contribution in [3.8, 4) is 5.75 Å². The summed E-state index contributed by atoms with van der Waals surface area (Å²) in [6.07, 6.45) is 0. The lowest BCUT2D eigenvalue weighted by molar-refractivity contribution is 0.265. The molecule has 0 amide bonds. The highest BCUT2D eigenvalue weighted by atomic mass is 35.5. The molecule has 0 heterocycles. The van der Waals surface area contributed by atoms with Crippen LogP contribution in [0.1, 0.15) is 11.6 Å². The molecule has 0 saturated heterocycles. The Morgan fingerprint density at radius 2 is 2.17 bits per heavy atom. The number of hydrogen-bond acceptors (Lipinski definition) is 3. The number of aromatic hydroxyl groups is 1. The molecule has 4 heteroatoms. The van der Waals surface area contributed by atoms with Gasteiger partial charge in [0.1, 0.15) is 5.75 Å². The molecule has 1 aromatic carbocycles. The number of benzene rings is 1. The van der Waals surface area contributed by atoms with Gasteiger partial charge in [0.25, 0.3) is 0 Å². The number of nitrogens with two attached hydrogens (primary N) is 1. The smallest absolute Gasteiger partial charge is 0.121 e. The SMILES string of the molecule is N[C@@H](CO)c1c(O)cccc1Cl. The molecule has 0 radical (unpaired) electrons. The summed E-state index contributed by atoms with van der Waals surface area (Å²) in [6, 6.07) is 4.09. The molecule has 0 unspecified atom stereocenters. The van der Waals surface area contributed by atoms with Gasteiger partial charge in [-0.1, -0.05) is 17.7 Å². The molecule has 0 aliphatic heterocycles. The van der Waals surface area contributed by atoms with E-state index < -0.39 is 6.04 Å². The van der Waals surface area contributed by atoms with Gasteiger partial charge in [-0.15, -0.1) is 0 Å². The Balaban J connectivity index is 3.12. The Bertz CT molecular complexity index is 258. The first-order valence-electron chi connectivity index (χ1n) is 3.50. The number of rotatable bonds is 2. The molecule has 4 N–H and O–H groups in total. The number of hydrogen-bond donors (Lipinski definition) is 3. The van der Waals surface area contributed by atoms with Gasteiger partial charge in [-0.2, -0.15) is 0 Å². The molecule has 12 heavy (non-hydrogen) atoms. The van der Waals surface area contributed by atoms with E-state index in [2.05, 4.69) is 0 Å². The van der Waals surface area contributed by atoms with E-state index in [1.165, 1.54) is 6.07 Å². The second-order valence-corrected chi connectivity index (χ2v) is 2.87. The molecule has 1 rings (SSSR count). The van der Waals surface area contributed by atoms with Crippen molar-refractivity contribution >= 4 is 11.6 Å². The molecule has 0 spiro atoms. The van der Waals surface area contributed by atoms with Crippen LogP contribution in [0.25, 0.3) is 0 Å². The summed E-state index contributed by atoms with van der Waals surface area (Å²) in [7, 11) is 0. The summed E-state index contributed by atoms with van der Waals surface area (Å²) in [5.74, 6) is 0.0176. The second kappa shape index (κ2) is 3.76. The Hall–Kier alpha value is -0.770. The van der Waals surface area contributed by atoms with Crippen molar-refractivity contribution in [3.05, 3.63) is 28.8 Å². The van der Waals surface area contributed by atoms with Crippen molar-refractivity contribution in [2.24, 2.45) is 5.73 Å². The summed E-state index contributed by atoms with van der Waals surface area (Å²) in [4.78, 5) is 0. The Morgan fingerprint density at radius 3 is 2.67 bits per heavy atom. The molecule has 0 aromatic heterocycles. The summed E-state index contributed by atoms with van der Waals surface area (Å²) in [5.41, 5.74) is 5.89. The fourth-order valence-corrected chi connectivity index (χ4v) is 1.29. The van der Waals surface area contributed by atoms with Crippen molar-refractivity contribution in [2.75, 3.05) is 6.61 Å². The van der Waals surface area contributed by atoms with Gasteiger partial charge in [0.2, 0.25) is 0 Å². The molecule has 1 atom stereocenters. The van der Waals surface area contributed by atoms with Crippen molar-refractivity contribution < 1.29 is 10.2 Å². The van der Waals surface area contributed by atoms with Crippen molar-refractivity contribution in [1.82, 2.24) is 0 Å². The van der Waals surface area contributed by atoms with E-state index in [-0.39, 0.29) is 12.4 Å². The summed E-state index contributed by atoms with van der Waals surface area (Å²) < 4.78 is 0. The average Bonchev–Trinajstić information content (AvgIpc) is 2.03. The van der Waals surface area contributed by atoms with Crippen LogP contribution in [0.2, 0.25) is 5.02 Å². The zero-order valence-electron chi connectivity index (χ0n) is 6.37. The Kier molecular flexibility index (Phi) is 2.92. The normalized spacial score (nSPS) is 12.9. The highest BCUT2D eigenvalue weighted by molar-refractivity contribution is 6.31. The first-order valence-corrected chi connectivity index (χ1v) is 3.88. The molecular formula is C8H10ClNO2. The largest absolute Gasteiger partial charge is 0.508 e. The van der Waals surface area contributed by atoms with Gasteiger partial charge in [-0.05, 0) is 12.1 Å². The average molecular weight is 188 g/mol. The van der Waals surface area contributed by atoms with Crippen LogP contribution in [0.5, 0.6) is 5.75 Å². The Morgan fingerprint density at radius 1 is 1.50 bits per heavy atom. The number of halogens is 1. The minimum Gasteiger partial charge on any atom is -0.508 e.